The van der Waals surface area contributed by atoms with Crippen LogP contribution in [-0.4, -0.2) is 39.9 Å². The lowest BCUT2D eigenvalue weighted by Gasteiger charge is -2.30. The van der Waals surface area contributed by atoms with Gasteiger partial charge in [-0.25, -0.2) is 9.69 Å². The highest BCUT2D eigenvalue weighted by atomic mass is 16.2. The summed E-state index contributed by atoms with van der Waals surface area (Å²) in [5.74, 6) is -0.244. The van der Waals surface area contributed by atoms with Gasteiger partial charge in [0, 0.05) is 25.0 Å². The number of amides is 3. The number of rotatable bonds is 5. The molecule has 0 spiro atoms. The second-order valence-corrected chi connectivity index (χ2v) is 8.04. The van der Waals surface area contributed by atoms with Crippen molar-refractivity contribution in [2.24, 2.45) is 0 Å². The molecular weight excluding hydrogens is 388 g/mol. The first-order chi connectivity index (χ1) is 15.2. The first-order valence-corrected chi connectivity index (χ1v) is 10.6. The van der Waals surface area contributed by atoms with Gasteiger partial charge in [0.15, 0.2) is 5.54 Å². The van der Waals surface area contributed by atoms with E-state index < -0.39 is 5.54 Å². The minimum absolute atomic E-state index is 0.151. The molecular formula is C25H24N4O2. The van der Waals surface area contributed by atoms with Gasteiger partial charge in [0.25, 0.3) is 5.91 Å². The Balaban J connectivity index is 1.49. The minimum Gasteiger partial charge on any atom is -0.315 e. The molecule has 0 radical (unpaired) electrons. The molecule has 156 valence electrons. The number of imide groups is 1. The monoisotopic (exact) mass is 412 g/mol. The Morgan fingerprint density at radius 1 is 0.935 bits per heavy atom. The fourth-order valence-corrected chi connectivity index (χ4v) is 4.77. The fourth-order valence-electron chi connectivity index (χ4n) is 4.77. The number of hydrogen-bond acceptors (Lipinski definition) is 4. The average Bonchev–Trinajstić information content (AvgIpc) is 3.39. The third kappa shape index (κ3) is 3.29. The Morgan fingerprint density at radius 2 is 1.61 bits per heavy atom. The minimum atomic E-state index is -1.22. The number of likely N-dealkylation sites (tertiary alicyclic amines) is 1. The summed E-state index contributed by atoms with van der Waals surface area (Å²) >= 11 is 0. The average molecular weight is 412 g/mol. The third-order valence-corrected chi connectivity index (χ3v) is 6.28. The summed E-state index contributed by atoms with van der Waals surface area (Å²) in [4.78, 5) is 34.8. The topological polar surface area (TPSA) is 65.5 Å². The van der Waals surface area contributed by atoms with Gasteiger partial charge in [0.2, 0.25) is 0 Å². The lowest BCUT2D eigenvalue weighted by atomic mass is 9.83. The molecule has 3 aromatic rings. The Bertz CT molecular complexity index is 1030. The van der Waals surface area contributed by atoms with E-state index in [2.05, 4.69) is 21.3 Å². The molecule has 3 heterocycles. The van der Waals surface area contributed by atoms with Gasteiger partial charge in [-0.2, -0.15) is 0 Å². The van der Waals surface area contributed by atoms with Gasteiger partial charge >= 0.3 is 6.03 Å². The van der Waals surface area contributed by atoms with Crippen LogP contribution in [0.15, 0.2) is 85.2 Å². The molecule has 3 amide bonds. The molecule has 2 aliphatic heterocycles. The summed E-state index contributed by atoms with van der Waals surface area (Å²) in [7, 11) is 0. The second kappa shape index (κ2) is 7.96. The normalized spacial score (nSPS) is 20.8. The Morgan fingerprint density at radius 3 is 2.23 bits per heavy atom. The molecule has 2 aliphatic rings. The summed E-state index contributed by atoms with van der Waals surface area (Å²) in [5.41, 5.74) is 1.41. The second-order valence-electron chi connectivity index (χ2n) is 8.04. The largest absolute Gasteiger partial charge is 0.326 e. The van der Waals surface area contributed by atoms with E-state index in [1.165, 1.54) is 4.90 Å². The standard InChI is InChI=1S/C25H24N4O2/c30-23-25(20-10-3-1-4-11-20,21-12-5-2-6-13-21)27-24(31)29(23)18-28-16-8-14-22(28)19-9-7-15-26-17-19/h1-7,9-13,15,17,22H,8,14,16,18H2,(H,27,31)/t22-/m1/s1. The summed E-state index contributed by atoms with van der Waals surface area (Å²) in [6, 6.07) is 22.7. The molecule has 2 fully saturated rings. The number of hydrogen-bond donors (Lipinski definition) is 1. The zero-order valence-corrected chi connectivity index (χ0v) is 17.1. The number of nitrogens with one attached hydrogen (secondary N) is 1. The number of aromatic nitrogens is 1. The number of nitrogens with zero attached hydrogens (tertiary/aromatic N) is 3. The van der Waals surface area contributed by atoms with Gasteiger partial charge in [-0.15, -0.1) is 0 Å². The molecule has 0 saturated carbocycles. The van der Waals surface area contributed by atoms with Crippen molar-refractivity contribution in [1.82, 2.24) is 20.1 Å². The van der Waals surface area contributed by atoms with Gasteiger partial charge in [-0.3, -0.25) is 14.7 Å². The van der Waals surface area contributed by atoms with E-state index >= 15 is 0 Å². The molecule has 2 saturated heterocycles. The van der Waals surface area contributed by atoms with E-state index in [1.54, 1.807) is 6.20 Å². The molecule has 1 atom stereocenters. The highest BCUT2D eigenvalue weighted by molar-refractivity contribution is 6.09. The van der Waals surface area contributed by atoms with Crippen molar-refractivity contribution in [3.05, 3.63) is 102 Å². The summed E-state index contributed by atoms with van der Waals surface area (Å²) < 4.78 is 0. The van der Waals surface area contributed by atoms with Crippen LogP contribution in [0.1, 0.15) is 35.6 Å². The van der Waals surface area contributed by atoms with Crippen LogP contribution in [0.5, 0.6) is 0 Å². The van der Waals surface area contributed by atoms with E-state index in [0.717, 1.165) is 36.1 Å². The summed E-state index contributed by atoms with van der Waals surface area (Å²) in [6.45, 7) is 1.09. The maximum Gasteiger partial charge on any atom is 0.326 e. The van der Waals surface area contributed by atoms with Gasteiger partial charge in [-0.05, 0) is 35.6 Å². The van der Waals surface area contributed by atoms with E-state index in [-0.39, 0.29) is 24.6 Å². The fraction of sp³-hybridized carbons (Fsp3) is 0.240. The van der Waals surface area contributed by atoms with Gasteiger partial charge in [0.1, 0.15) is 0 Å². The van der Waals surface area contributed by atoms with Crippen LogP contribution in [-0.2, 0) is 10.3 Å². The maximum absolute atomic E-state index is 13.9. The first kappa shape index (κ1) is 19.5. The van der Waals surface area contributed by atoms with E-state index in [4.69, 9.17) is 0 Å². The number of pyridine rings is 1. The molecule has 2 aromatic carbocycles. The number of carbonyl (C=O) groups is 2. The van der Waals surface area contributed by atoms with Crippen molar-refractivity contribution in [2.75, 3.05) is 13.2 Å². The summed E-state index contributed by atoms with van der Waals surface area (Å²) in [5, 5.41) is 3.03. The molecule has 1 aromatic heterocycles. The molecule has 6 nitrogen and oxygen atoms in total. The predicted octanol–water partition coefficient (Wildman–Crippen LogP) is 3.67. The van der Waals surface area contributed by atoms with Gasteiger partial charge < -0.3 is 5.32 Å². The first-order valence-electron chi connectivity index (χ1n) is 10.6. The van der Waals surface area contributed by atoms with Crippen LogP contribution < -0.4 is 5.32 Å². The SMILES string of the molecule is O=C1NC(c2ccccc2)(c2ccccc2)C(=O)N1CN1CCC[C@@H]1c1cccnc1. The Labute approximate surface area is 181 Å². The number of carbonyl (C=O) groups excluding carboxylic acids is 2. The lowest BCUT2D eigenvalue weighted by molar-refractivity contribution is -0.131. The van der Waals surface area contributed by atoms with E-state index in [0.29, 0.717) is 0 Å². The highest BCUT2D eigenvalue weighted by Gasteiger charge is 2.54. The van der Waals surface area contributed by atoms with Crippen molar-refractivity contribution in [3.8, 4) is 0 Å². The van der Waals surface area contributed by atoms with E-state index in [9.17, 15) is 9.59 Å². The Hall–Kier alpha value is -3.51. The quantitative estimate of drug-likeness (QED) is 0.650. The van der Waals surface area contributed by atoms with Crippen LogP contribution in [0.25, 0.3) is 0 Å². The number of benzene rings is 2. The highest BCUT2D eigenvalue weighted by Crippen LogP contribution is 2.38. The van der Waals surface area contributed by atoms with Crippen molar-refractivity contribution in [3.63, 3.8) is 0 Å². The van der Waals surface area contributed by atoms with Crippen LogP contribution in [0.3, 0.4) is 0 Å². The molecule has 31 heavy (non-hydrogen) atoms. The number of urea groups is 1. The van der Waals surface area contributed by atoms with Crippen molar-refractivity contribution in [1.29, 1.82) is 0 Å². The van der Waals surface area contributed by atoms with Crippen molar-refractivity contribution in [2.45, 2.75) is 24.4 Å². The third-order valence-electron chi connectivity index (χ3n) is 6.28. The molecule has 5 rings (SSSR count). The lowest BCUT2D eigenvalue weighted by Crippen LogP contribution is -2.46. The maximum atomic E-state index is 13.9. The van der Waals surface area contributed by atoms with Crippen molar-refractivity contribution < 1.29 is 9.59 Å². The smallest absolute Gasteiger partial charge is 0.315 e. The van der Waals surface area contributed by atoms with Crippen LogP contribution in [0, 0.1) is 0 Å². The van der Waals surface area contributed by atoms with Gasteiger partial charge in [0.05, 0.1) is 6.67 Å². The van der Waals surface area contributed by atoms with Crippen LogP contribution in [0.2, 0.25) is 0 Å². The molecule has 6 heteroatoms. The molecule has 0 bridgehead atoms. The zero-order valence-electron chi connectivity index (χ0n) is 17.1. The summed E-state index contributed by atoms with van der Waals surface area (Å²) in [6.07, 6.45) is 5.63. The molecule has 0 aliphatic carbocycles. The van der Waals surface area contributed by atoms with Crippen LogP contribution >= 0.6 is 0 Å². The van der Waals surface area contributed by atoms with Gasteiger partial charge in [-0.1, -0.05) is 66.7 Å². The van der Waals surface area contributed by atoms with Crippen LogP contribution in [0.4, 0.5) is 4.79 Å². The molecule has 1 N–H and O–H groups in total. The predicted molar refractivity (Wildman–Crippen MR) is 117 cm³/mol. The Kier molecular flexibility index (Phi) is 5.00. The van der Waals surface area contributed by atoms with E-state index in [1.807, 2.05) is 72.9 Å². The molecule has 0 unspecified atom stereocenters. The zero-order chi connectivity index (χ0) is 21.3. The van der Waals surface area contributed by atoms with Crippen molar-refractivity contribution >= 4 is 11.9 Å².